The van der Waals surface area contributed by atoms with Gasteiger partial charge in [0.2, 0.25) is 5.82 Å². The number of para-hydroxylation sites is 1. The maximum Gasteiger partial charge on any atom is 0.333 e. The van der Waals surface area contributed by atoms with Gasteiger partial charge >= 0.3 is 5.69 Å². The van der Waals surface area contributed by atoms with Crippen LogP contribution in [0, 0.1) is 0 Å². The lowest BCUT2D eigenvalue weighted by molar-refractivity contribution is 0.412. The summed E-state index contributed by atoms with van der Waals surface area (Å²) in [5.41, 5.74) is 5.33. The minimum atomic E-state index is -0.105. The number of pyridine rings is 1. The Kier molecular flexibility index (Phi) is 7.27. The molecule has 0 atom stereocenters. The number of aryl methyl sites for hydroxylation is 1. The summed E-state index contributed by atoms with van der Waals surface area (Å²) in [6.45, 7) is 2.61. The van der Waals surface area contributed by atoms with Crippen LogP contribution < -0.4 is 10.4 Å². The fourth-order valence-electron chi connectivity index (χ4n) is 4.38. The van der Waals surface area contributed by atoms with Gasteiger partial charge in [-0.3, -0.25) is 14.1 Å². The van der Waals surface area contributed by atoms with Crippen LogP contribution in [0.15, 0.2) is 76.4 Å². The minimum Gasteiger partial charge on any atom is -0.495 e. The summed E-state index contributed by atoms with van der Waals surface area (Å²) in [5, 5.41) is 14.4. The summed E-state index contributed by atoms with van der Waals surface area (Å²) >= 11 is 3.59. The number of unbranched alkanes of at least 4 members (excludes halogenated alkanes) is 1. The van der Waals surface area contributed by atoms with Gasteiger partial charge < -0.3 is 4.74 Å². The summed E-state index contributed by atoms with van der Waals surface area (Å²) in [4.78, 5) is 17.9. The highest BCUT2D eigenvalue weighted by Crippen LogP contribution is 2.31. The van der Waals surface area contributed by atoms with Crippen molar-refractivity contribution in [2.24, 2.45) is 0 Å². The zero-order valence-electron chi connectivity index (χ0n) is 20.6. The first-order valence-corrected chi connectivity index (χ1v) is 12.8. The number of hydrogen-bond donors (Lipinski definition) is 1. The van der Waals surface area contributed by atoms with Crippen molar-refractivity contribution in [2.45, 2.75) is 32.7 Å². The minimum absolute atomic E-state index is 0.105. The lowest BCUT2D eigenvalue weighted by atomic mass is 10.0. The summed E-state index contributed by atoms with van der Waals surface area (Å²) in [6.07, 6.45) is 8.28. The van der Waals surface area contributed by atoms with E-state index in [2.05, 4.69) is 48.5 Å². The molecule has 0 radical (unpaired) electrons. The predicted molar refractivity (Wildman–Crippen MR) is 145 cm³/mol. The highest BCUT2D eigenvalue weighted by Gasteiger charge is 2.18. The van der Waals surface area contributed by atoms with Gasteiger partial charge in [0.25, 0.3) is 0 Å². The number of benzene rings is 2. The maximum atomic E-state index is 13.7. The third-order valence-electron chi connectivity index (χ3n) is 6.27. The number of imidazole rings is 1. The van der Waals surface area contributed by atoms with Crippen molar-refractivity contribution in [1.82, 2.24) is 34.7 Å². The molecule has 1 N–H and O–H groups in total. The van der Waals surface area contributed by atoms with Crippen molar-refractivity contribution >= 4 is 15.9 Å². The standard InChI is InChI=1S/C27H26BrN7O2/c1-3-4-6-20-17-35(25-23(28)7-5-8-24(25)37-2)27(36)34(20)16-18-9-11-19(12-10-18)22-15-29-14-13-21(22)26-30-32-33-31-26/h5,7-15,17H,3-4,6,16H2,1-2H3,(H,30,31,32,33). The molecular formula is C27H26BrN7O2. The first kappa shape index (κ1) is 24.6. The number of aromatic nitrogens is 7. The molecule has 0 saturated carbocycles. The SMILES string of the molecule is CCCCc1cn(-c2c(Br)cccc2OC)c(=O)n1Cc1ccc(-c2cnccc2-c2nn[nH]n2)cc1. The highest BCUT2D eigenvalue weighted by atomic mass is 79.9. The van der Waals surface area contributed by atoms with Crippen molar-refractivity contribution in [3.8, 4) is 34.0 Å². The molecule has 0 bridgehead atoms. The zero-order chi connectivity index (χ0) is 25.8. The fraction of sp³-hybridized carbons (Fsp3) is 0.222. The molecule has 0 spiro atoms. The van der Waals surface area contributed by atoms with Crippen molar-refractivity contribution in [2.75, 3.05) is 7.11 Å². The van der Waals surface area contributed by atoms with E-state index in [-0.39, 0.29) is 5.69 Å². The Morgan fingerprint density at radius 3 is 2.65 bits per heavy atom. The third-order valence-corrected chi connectivity index (χ3v) is 6.91. The van der Waals surface area contributed by atoms with Crippen LogP contribution in [0.4, 0.5) is 0 Å². The number of hydrogen-bond acceptors (Lipinski definition) is 6. The molecule has 3 aromatic heterocycles. The van der Waals surface area contributed by atoms with Gasteiger partial charge in [0.15, 0.2) is 0 Å². The number of aromatic amines is 1. The number of rotatable bonds is 9. The molecule has 5 rings (SSSR count). The van der Waals surface area contributed by atoms with Crippen molar-refractivity contribution in [1.29, 1.82) is 0 Å². The molecule has 37 heavy (non-hydrogen) atoms. The van der Waals surface area contributed by atoms with Gasteiger partial charge in [-0.15, -0.1) is 10.2 Å². The topological polar surface area (TPSA) is 104 Å². The molecule has 2 aromatic carbocycles. The maximum absolute atomic E-state index is 13.7. The number of tetrazole rings is 1. The van der Waals surface area contributed by atoms with Crippen LogP contribution in [0.1, 0.15) is 31.0 Å². The second-order valence-electron chi connectivity index (χ2n) is 8.61. The van der Waals surface area contributed by atoms with E-state index in [1.165, 1.54) is 0 Å². The molecule has 0 unspecified atom stereocenters. The molecule has 0 amide bonds. The third kappa shape index (κ3) is 4.97. The molecule has 5 aromatic rings. The van der Waals surface area contributed by atoms with Crippen LogP contribution in [0.2, 0.25) is 0 Å². The van der Waals surface area contributed by atoms with E-state index < -0.39 is 0 Å². The van der Waals surface area contributed by atoms with Crippen LogP contribution >= 0.6 is 15.9 Å². The molecule has 0 saturated heterocycles. The Bertz CT molecular complexity index is 1560. The van der Waals surface area contributed by atoms with Gasteiger partial charge in [0.05, 0.1) is 13.7 Å². The molecule has 0 aliphatic rings. The van der Waals surface area contributed by atoms with E-state index >= 15 is 0 Å². The largest absolute Gasteiger partial charge is 0.495 e. The van der Waals surface area contributed by atoms with E-state index in [0.29, 0.717) is 23.8 Å². The van der Waals surface area contributed by atoms with Crippen LogP contribution in [0.25, 0.3) is 28.2 Å². The molecule has 0 aliphatic carbocycles. The molecular weight excluding hydrogens is 534 g/mol. The summed E-state index contributed by atoms with van der Waals surface area (Å²) in [7, 11) is 1.61. The molecule has 0 aliphatic heterocycles. The lowest BCUT2D eigenvalue weighted by Gasteiger charge is -2.11. The Balaban J connectivity index is 1.50. The van der Waals surface area contributed by atoms with Crippen LogP contribution in [0.3, 0.4) is 0 Å². The summed E-state index contributed by atoms with van der Waals surface area (Å²) in [6, 6.07) is 15.7. The van der Waals surface area contributed by atoms with Crippen molar-refractivity contribution in [3.05, 3.63) is 93.3 Å². The van der Waals surface area contributed by atoms with Gasteiger partial charge in [-0.25, -0.2) is 4.79 Å². The number of ether oxygens (including phenoxy) is 1. The highest BCUT2D eigenvalue weighted by molar-refractivity contribution is 9.10. The zero-order valence-corrected chi connectivity index (χ0v) is 22.1. The second-order valence-corrected chi connectivity index (χ2v) is 9.46. The molecule has 0 fully saturated rings. The van der Waals surface area contributed by atoms with Crippen LogP contribution in [-0.4, -0.2) is 41.9 Å². The predicted octanol–water partition coefficient (Wildman–Crippen LogP) is 5.04. The van der Waals surface area contributed by atoms with E-state index in [1.807, 2.05) is 59.3 Å². The van der Waals surface area contributed by atoms with Gasteiger partial charge in [0, 0.05) is 39.9 Å². The normalized spacial score (nSPS) is 11.1. The van der Waals surface area contributed by atoms with E-state index in [4.69, 9.17) is 4.74 Å². The summed E-state index contributed by atoms with van der Waals surface area (Å²) < 4.78 is 9.88. The Hall–Kier alpha value is -4.05. The van der Waals surface area contributed by atoms with Gasteiger partial charge in [-0.2, -0.15) is 5.21 Å². The first-order valence-electron chi connectivity index (χ1n) is 12.0. The molecule has 188 valence electrons. The van der Waals surface area contributed by atoms with Gasteiger partial charge in [-0.1, -0.05) is 43.7 Å². The van der Waals surface area contributed by atoms with Crippen LogP contribution in [-0.2, 0) is 13.0 Å². The number of methoxy groups -OCH3 is 1. The Morgan fingerprint density at radius 1 is 1.08 bits per heavy atom. The van der Waals surface area contributed by atoms with Gasteiger partial charge in [0.1, 0.15) is 11.4 Å². The van der Waals surface area contributed by atoms with Crippen LogP contribution in [0.5, 0.6) is 5.75 Å². The average Bonchev–Trinajstić information content (AvgIpc) is 3.57. The first-order chi connectivity index (χ1) is 18.1. The van der Waals surface area contributed by atoms with Gasteiger partial charge in [-0.05, 0) is 63.3 Å². The summed E-state index contributed by atoms with van der Waals surface area (Å²) in [5.74, 6) is 1.14. The Morgan fingerprint density at radius 2 is 1.92 bits per heavy atom. The fourth-order valence-corrected chi connectivity index (χ4v) is 4.91. The number of nitrogens with zero attached hydrogens (tertiary/aromatic N) is 6. The van der Waals surface area contributed by atoms with E-state index in [9.17, 15) is 4.79 Å². The smallest absolute Gasteiger partial charge is 0.333 e. The molecule has 10 heteroatoms. The second kappa shape index (κ2) is 10.9. The van der Waals surface area contributed by atoms with E-state index in [0.717, 1.165) is 51.7 Å². The monoisotopic (exact) mass is 559 g/mol. The number of H-pyrrole nitrogens is 1. The number of nitrogens with one attached hydrogen (secondary N) is 1. The molecule has 3 heterocycles. The van der Waals surface area contributed by atoms with Crippen molar-refractivity contribution < 1.29 is 4.74 Å². The van der Waals surface area contributed by atoms with Crippen molar-refractivity contribution in [3.63, 3.8) is 0 Å². The van der Waals surface area contributed by atoms with E-state index in [1.54, 1.807) is 24.1 Å². The Labute approximate surface area is 222 Å². The quantitative estimate of drug-likeness (QED) is 0.271. The lowest BCUT2D eigenvalue weighted by Crippen LogP contribution is -2.25. The number of halogens is 1. The average molecular weight is 560 g/mol. The molecule has 9 nitrogen and oxygen atoms in total.